The minimum Gasteiger partial charge on any atom is -0.508 e. The number of hydrogen-bond acceptors (Lipinski definition) is 4. The van der Waals surface area contributed by atoms with Crippen molar-refractivity contribution in [1.82, 2.24) is 14.5 Å². The molecule has 0 saturated carbocycles. The van der Waals surface area contributed by atoms with Crippen molar-refractivity contribution in [3.63, 3.8) is 0 Å². The van der Waals surface area contributed by atoms with Crippen molar-refractivity contribution in [1.29, 1.82) is 0 Å². The molecule has 0 bridgehead atoms. The van der Waals surface area contributed by atoms with Crippen molar-refractivity contribution >= 4 is 11.7 Å². The molecule has 1 atom stereocenters. The lowest BCUT2D eigenvalue weighted by molar-refractivity contribution is -0.131. The minimum atomic E-state index is -0.201. The standard InChI is InChI=1S/C18H21N3O3/c1-20-9-7-19-18(20)17(24)14-5-3-8-21(12-14)16(23)11-13-4-2-6-15(22)10-13/h2,4,6-7,9-10,14,22H,3,5,8,11-12H2,1H3/t14-/m0/s1. The molecule has 3 rings (SSSR count). The number of amides is 1. The maximum absolute atomic E-state index is 12.6. The summed E-state index contributed by atoms with van der Waals surface area (Å²) in [5, 5.41) is 9.50. The highest BCUT2D eigenvalue weighted by Gasteiger charge is 2.30. The quantitative estimate of drug-likeness (QED) is 0.869. The average Bonchev–Trinajstić information content (AvgIpc) is 3.00. The molecule has 1 aliphatic heterocycles. The number of ketones is 1. The van der Waals surface area contributed by atoms with Crippen LogP contribution in [0.4, 0.5) is 0 Å². The van der Waals surface area contributed by atoms with Crippen LogP contribution in [-0.2, 0) is 18.3 Å². The molecule has 0 spiro atoms. The SMILES string of the molecule is Cn1ccnc1C(=O)[C@H]1CCCN(C(=O)Cc2cccc(O)c2)C1. The largest absolute Gasteiger partial charge is 0.508 e. The number of likely N-dealkylation sites (tertiary alicyclic amines) is 1. The zero-order chi connectivity index (χ0) is 17.1. The third-order valence-electron chi connectivity index (χ3n) is 4.45. The van der Waals surface area contributed by atoms with Gasteiger partial charge in [0.05, 0.1) is 6.42 Å². The van der Waals surface area contributed by atoms with Crippen molar-refractivity contribution in [2.24, 2.45) is 13.0 Å². The molecule has 0 aliphatic carbocycles. The van der Waals surface area contributed by atoms with Gasteiger partial charge in [0.2, 0.25) is 11.7 Å². The van der Waals surface area contributed by atoms with E-state index in [0.29, 0.717) is 18.9 Å². The number of rotatable bonds is 4. The lowest BCUT2D eigenvalue weighted by atomic mass is 9.93. The van der Waals surface area contributed by atoms with Gasteiger partial charge in [-0.25, -0.2) is 4.98 Å². The second-order valence-electron chi connectivity index (χ2n) is 6.25. The molecule has 6 heteroatoms. The monoisotopic (exact) mass is 327 g/mol. The molecule has 24 heavy (non-hydrogen) atoms. The number of aryl methyl sites for hydroxylation is 1. The van der Waals surface area contributed by atoms with Crippen LogP contribution in [0.5, 0.6) is 5.75 Å². The number of nitrogens with zero attached hydrogens (tertiary/aromatic N) is 3. The second kappa shape index (κ2) is 6.86. The maximum Gasteiger partial charge on any atom is 0.227 e. The molecule has 1 aromatic carbocycles. The first kappa shape index (κ1) is 16.2. The van der Waals surface area contributed by atoms with Gasteiger partial charge in [-0.05, 0) is 30.5 Å². The van der Waals surface area contributed by atoms with E-state index in [0.717, 1.165) is 18.4 Å². The third kappa shape index (κ3) is 3.48. The van der Waals surface area contributed by atoms with Crippen LogP contribution in [0, 0.1) is 5.92 Å². The number of hydrogen-bond donors (Lipinski definition) is 1. The molecule has 2 aromatic rings. The molecule has 1 aromatic heterocycles. The number of aromatic nitrogens is 2. The number of Topliss-reactive ketones (excluding diaryl/α,β-unsaturated/α-hetero) is 1. The molecule has 6 nitrogen and oxygen atoms in total. The summed E-state index contributed by atoms with van der Waals surface area (Å²) in [5.41, 5.74) is 0.776. The van der Waals surface area contributed by atoms with Crippen LogP contribution in [-0.4, -0.2) is 44.3 Å². The molecule has 1 aliphatic rings. The summed E-state index contributed by atoms with van der Waals surface area (Å²) in [4.78, 5) is 31.0. The van der Waals surface area contributed by atoms with E-state index < -0.39 is 0 Å². The lowest BCUT2D eigenvalue weighted by Gasteiger charge is -2.32. The summed E-state index contributed by atoms with van der Waals surface area (Å²) in [7, 11) is 1.80. The first-order valence-electron chi connectivity index (χ1n) is 8.12. The number of aromatic hydroxyl groups is 1. The predicted molar refractivity (Wildman–Crippen MR) is 88.7 cm³/mol. The van der Waals surface area contributed by atoms with Gasteiger partial charge >= 0.3 is 0 Å². The summed E-state index contributed by atoms with van der Waals surface area (Å²) >= 11 is 0. The summed E-state index contributed by atoms with van der Waals surface area (Å²) in [6.07, 6.45) is 5.19. The van der Waals surface area contributed by atoms with Crippen molar-refractivity contribution in [3.8, 4) is 5.75 Å². The van der Waals surface area contributed by atoms with Crippen LogP contribution < -0.4 is 0 Å². The van der Waals surface area contributed by atoms with E-state index in [-0.39, 0.29) is 29.8 Å². The van der Waals surface area contributed by atoms with Gasteiger partial charge in [0.15, 0.2) is 5.82 Å². The molecule has 1 amide bonds. The molecular formula is C18H21N3O3. The third-order valence-corrected chi connectivity index (χ3v) is 4.45. The minimum absolute atomic E-state index is 0.00245. The smallest absolute Gasteiger partial charge is 0.227 e. The van der Waals surface area contributed by atoms with Gasteiger partial charge in [0, 0.05) is 38.4 Å². The Labute approximate surface area is 140 Å². The highest BCUT2D eigenvalue weighted by atomic mass is 16.3. The van der Waals surface area contributed by atoms with E-state index in [2.05, 4.69) is 4.98 Å². The number of benzene rings is 1. The highest BCUT2D eigenvalue weighted by molar-refractivity contribution is 5.95. The van der Waals surface area contributed by atoms with Crippen molar-refractivity contribution in [2.45, 2.75) is 19.3 Å². The van der Waals surface area contributed by atoms with Gasteiger partial charge in [-0.3, -0.25) is 9.59 Å². The maximum atomic E-state index is 12.6. The number of imidazole rings is 1. The van der Waals surface area contributed by atoms with Crippen molar-refractivity contribution in [2.75, 3.05) is 13.1 Å². The number of carbonyl (C=O) groups is 2. The number of piperidine rings is 1. The summed E-state index contributed by atoms with van der Waals surface area (Å²) in [6.45, 7) is 1.10. The first-order valence-corrected chi connectivity index (χ1v) is 8.12. The number of carbonyl (C=O) groups excluding carboxylic acids is 2. The molecule has 1 saturated heterocycles. The Balaban J connectivity index is 1.66. The Kier molecular flexibility index (Phi) is 4.64. The molecule has 1 fully saturated rings. The van der Waals surface area contributed by atoms with E-state index in [1.807, 2.05) is 6.07 Å². The van der Waals surface area contributed by atoms with Gasteiger partial charge in [0.25, 0.3) is 0 Å². The predicted octanol–water partition coefficient (Wildman–Crippen LogP) is 1.79. The number of phenolic OH excluding ortho intramolecular Hbond substituents is 1. The first-order chi connectivity index (χ1) is 11.5. The van der Waals surface area contributed by atoms with Crippen LogP contribution in [0.15, 0.2) is 36.7 Å². The highest BCUT2D eigenvalue weighted by Crippen LogP contribution is 2.21. The Bertz CT molecular complexity index is 753. The molecule has 126 valence electrons. The van der Waals surface area contributed by atoms with Crippen molar-refractivity contribution in [3.05, 3.63) is 48.0 Å². The Morgan fingerprint density at radius 2 is 2.21 bits per heavy atom. The topological polar surface area (TPSA) is 75.4 Å². The van der Waals surface area contributed by atoms with E-state index in [1.165, 1.54) is 0 Å². The summed E-state index contributed by atoms with van der Waals surface area (Å²) in [5.74, 6) is 0.382. The van der Waals surface area contributed by atoms with Crippen molar-refractivity contribution < 1.29 is 14.7 Å². The molecule has 0 radical (unpaired) electrons. The van der Waals surface area contributed by atoms with Crippen LogP contribution in [0.1, 0.15) is 29.0 Å². The van der Waals surface area contributed by atoms with Crippen LogP contribution in [0.25, 0.3) is 0 Å². The molecule has 1 N–H and O–H groups in total. The summed E-state index contributed by atoms with van der Waals surface area (Å²) < 4.78 is 1.72. The second-order valence-corrected chi connectivity index (χ2v) is 6.25. The zero-order valence-corrected chi connectivity index (χ0v) is 13.7. The Hall–Kier alpha value is -2.63. The van der Waals surface area contributed by atoms with Crippen LogP contribution in [0.2, 0.25) is 0 Å². The average molecular weight is 327 g/mol. The van der Waals surface area contributed by atoms with Gasteiger partial charge in [0.1, 0.15) is 5.75 Å². The normalized spacial score (nSPS) is 17.7. The van der Waals surface area contributed by atoms with Gasteiger partial charge in [-0.15, -0.1) is 0 Å². The van der Waals surface area contributed by atoms with Gasteiger partial charge in [-0.2, -0.15) is 0 Å². The van der Waals surface area contributed by atoms with Gasteiger partial charge < -0.3 is 14.6 Å². The molecule has 0 unspecified atom stereocenters. The van der Waals surface area contributed by atoms with Crippen LogP contribution >= 0.6 is 0 Å². The Morgan fingerprint density at radius 1 is 1.38 bits per heavy atom. The zero-order valence-electron chi connectivity index (χ0n) is 13.7. The molecule has 2 heterocycles. The molecular weight excluding hydrogens is 306 g/mol. The fraction of sp³-hybridized carbons (Fsp3) is 0.389. The Morgan fingerprint density at radius 3 is 2.92 bits per heavy atom. The van der Waals surface area contributed by atoms with E-state index in [9.17, 15) is 14.7 Å². The van der Waals surface area contributed by atoms with Crippen LogP contribution in [0.3, 0.4) is 0 Å². The van der Waals surface area contributed by atoms with Gasteiger partial charge in [-0.1, -0.05) is 12.1 Å². The summed E-state index contributed by atoms with van der Waals surface area (Å²) in [6, 6.07) is 6.72. The number of phenols is 1. The van der Waals surface area contributed by atoms with E-state index in [1.54, 1.807) is 47.1 Å². The lowest BCUT2D eigenvalue weighted by Crippen LogP contribution is -2.43. The fourth-order valence-electron chi connectivity index (χ4n) is 3.16. The fourth-order valence-corrected chi connectivity index (χ4v) is 3.16. The van der Waals surface area contributed by atoms with E-state index in [4.69, 9.17) is 0 Å². The van der Waals surface area contributed by atoms with E-state index >= 15 is 0 Å².